The summed E-state index contributed by atoms with van der Waals surface area (Å²) in [7, 11) is 0. The number of unbranched alkanes of at least 4 members (excludes halogenated alkanes) is 20. The molecule has 1 saturated heterocycles. The van der Waals surface area contributed by atoms with Gasteiger partial charge in [-0.25, -0.2) is 4.79 Å². The third-order valence-corrected chi connectivity index (χ3v) is 12.2. The Morgan fingerprint density at radius 3 is 1.41 bits per heavy atom. The van der Waals surface area contributed by atoms with Crippen LogP contribution in [0, 0.1) is 0 Å². The number of aliphatic hydroxyl groups is 2. The van der Waals surface area contributed by atoms with Crippen LogP contribution in [0.5, 0.6) is 0 Å². The van der Waals surface area contributed by atoms with Gasteiger partial charge in [-0.05, 0) is 109 Å². The first-order valence-corrected chi connectivity index (χ1v) is 27.9. The molecule has 0 saturated carbocycles. The Bertz CT molecular complexity index is 1510. The van der Waals surface area contributed by atoms with E-state index >= 15 is 0 Å². The minimum Gasteiger partial charge on any atom is -0.479 e. The average Bonchev–Trinajstić information content (AvgIpc) is 3.35. The van der Waals surface area contributed by atoms with E-state index in [4.69, 9.17) is 23.7 Å². The molecule has 3 N–H and O–H groups in total. The maximum absolute atomic E-state index is 13.1. The first kappa shape index (κ1) is 65.2. The predicted molar refractivity (Wildman–Crippen MR) is 285 cm³/mol. The summed E-state index contributed by atoms with van der Waals surface area (Å²) in [5, 5.41) is 31.4. The van der Waals surface area contributed by atoms with Gasteiger partial charge in [-0.3, -0.25) is 14.4 Å². The summed E-state index contributed by atoms with van der Waals surface area (Å²) < 4.78 is 28.3. The highest BCUT2D eigenvalue weighted by Crippen LogP contribution is 2.26. The second kappa shape index (κ2) is 47.2. The van der Waals surface area contributed by atoms with Gasteiger partial charge in [0, 0.05) is 19.3 Å². The van der Waals surface area contributed by atoms with Crippen molar-refractivity contribution in [1.29, 1.82) is 0 Å². The predicted octanol–water partition coefficient (Wildman–Crippen LogP) is 13.8. The second-order valence-electron chi connectivity index (χ2n) is 18.8. The fourth-order valence-electron chi connectivity index (χ4n) is 7.93. The molecule has 71 heavy (non-hydrogen) atoms. The van der Waals surface area contributed by atoms with Crippen LogP contribution < -0.4 is 0 Å². The molecular weight excluding hydrogens is 901 g/mol. The lowest BCUT2D eigenvalue weighted by atomic mass is 9.98. The molecule has 0 radical (unpaired) electrons. The minimum atomic E-state index is -1.91. The smallest absolute Gasteiger partial charge is 0.335 e. The Labute approximate surface area is 429 Å². The van der Waals surface area contributed by atoms with Crippen LogP contribution in [0.4, 0.5) is 0 Å². The minimum absolute atomic E-state index is 0.0387. The molecular formula is C59H98O12. The van der Waals surface area contributed by atoms with Gasteiger partial charge in [0.15, 0.2) is 24.6 Å². The van der Waals surface area contributed by atoms with Crippen molar-refractivity contribution < 1.29 is 58.2 Å². The summed E-state index contributed by atoms with van der Waals surface area (Å²) in [6.45, 7) is 5.78. The van der Waals surface area contributed by atoms with E-state index in [1.807, 2.05) is 0 Å². The van der Waals surface area contributed by atoms with Crippen LogP contribution in [0.15, 0.2) is 72.9 Å². The van der Waals surface area contributed by atoms with Gasteiger partial charge in [-0.15, -0.1) is 0 Å². The van der Waals surface area contributed by atoms with Gasteiger partial charge in [-0.1, -0.05) is 171 Å². The zero-order valence-corrected chi connectivity index (χ0v) is 44.4. The van der Waals surface area contributed by atoms with Crippen molar-refractivity contribution in [3.63, 3.8) is 0 Å². The highest BCUT2D eigenvalue weighted by atomic mass is 16.7. The molecule has 6 unspecified atom stereocenters. The molecule has 1 heterocycles. The fourth-order valence-corrected chi connectivity index (χ4v) is 7.93. The molecule has 1 fully saturated rings. The van der Waals surface area contributed by atoms with E-state index in [1.165, 1.54) is 44.9 Å². The Morgan fingerprint density at radius 1 is 0.479 bits per heavy atom. The summed E-state index contributed by atoms with van der Waals surface area (Å²) in [6.07, 6.45) is 45.9. The standard InChI is InChI=1S/C59H98O12/c1-4-7-10-13-16-19-22-25-26-29-32-35-38-41-44-47-53(62)70-57-55(64)54(63)56(58(65)66)71-59(57)68-49-50(69-52(61)46-43-40-37-34-31-28-24-21-18-15-12-9-6-3)48-67-51(60)45-42-39-36-33-30-27-23-20-17-14-11-8-5-2/h8,11,16-17,19-21,24-27,30,50,54-57,59,63-64H,4-7,9-10,12-15,18,22-23,28-29,31-49H2,1-3H3,(H,65,66)/b11-8-,19-16-,20-17-,24-21-,26-25-,30-27-. The van der Waals surface area contributed by atoms with Crippen LogP contribution >= 0.6 is 0 Å². The zero-order valence-electron chi connectivity index (χ0n) is 44.4. The molecule has 0 aromatic heterocycles. The van der Waals surface area contributed by atoms with Crippen LogP contribution in [0.3, 0.4) is 0 Å². The lowest BCUT2D eigenvalue weighted by Crippen LogP contribution is -2.61. The number of carbonyl (C=O) groups excluding carboxylic acids is 3. The molecule has 1 aliphatic rings. The lowest BCUT2D eigenvalue weighted by molar-refractivity contribution is -0.301. The van der Waals surface area contributed by atoms with Crippen LogP contribution in [-0.2, 0) is 42.9 Å². The number of ether oxygens (including phenoxy) is 5. The number of carboxylic acids is 1. The van der Waals surface area contributed by atoms with Crippen molar-refractivity contribution in [3.8, 4) is 0 Å². The van der Waals surface area contributed by atoms with Crippen molar-refractivity contribution in [2.75, 3.05) is 13.2 Å². The first-order valence-electron chi connectivity index (χ1n) is 27.9. The molecule has 406 valence electrons. The van der Waals surface area contributed by atoms with Crippen molar-refractivity contribution >= 4 is 23.9 Å². The van der Waals surface area contributed by atoms with Gasteiger partial charge in [0.1, 0.15) is 18.8 Å². The van der Waals surface area contributed by atoms with E-state index in [0.717, 1.165) is 122 Å². The number of hydrogen-bond donors (Lipinski definition) is 3. The normalized spacial score (nSPS) is 19.0. The third kappa shape index (κ3) is 37.6. The van der Waals surface area contributed by atoms with Crippen LogP contribution in [0.2, 0.25) is 0 Å². The van der Waals surface area contributed by atoms with Crippen LogP contribution in [0.1, 0.15) is 226 Å². The molecule has 12 nitrogen and oxygen atoms in total. The molecule has 0 bridgehead atoms. The fraction of sp³-hybridized carbons (Fsp3) is 0.729. The molecule has 12 heteroatoms. The Morgan fingerprint density at radius 2 is 0.887 bits per heavy atom. The van der Waals surface area contributed by atoms with Crippen LogP contribution in [-0.4, -0.2) is 89.2 Å². The van der Waals surface area contributed by atoms with Gasteiger partial charge in [-0.2, -0.15) is 0 Å². The van der Waals surface area contributed by atoms with Crippen molar-refractivity contribution in [2.24, 2.45) is 0 Å². The van der Waals surface area contributed by atoms with Crippen molar-refractivity contribution in [2.45, 2.75) is 263 Å². The number of hydrogen-bond acceptors (Lipinski definition) is 11. The van der Waals surface area contributed by atoms with E-state index in [0.29, 0.717) is 19.3 Å². The van der Waals surface area contributed by atoms with Gasteiger partial charge in [0.05, 0.1) is 6.61 Å². The zero-order chi connectivity index (χ0) is 51.8. The molecule has 0 spiro atoms. The van der Waals surface area contributed by atoms with Crippen molar-refractivity contribution in [3.05, 3.63) is 72.9 Å². The Hall–Kier alpha value is -3.84. The summed E-state index contributed by atoms with van der Waals surface area (Å²) >= 11 is 0. The van der Waals surface area contributed by atoms with Crippen molar-refractivity contribution in [1.82, 2.24) is 0 Å². The molecule has 1 rings (SSSR count). The summed E-state index contributed by atoms with van der Waals surface area (Å²) in [5.41, 5.74) is 0. The number of esters is 3. The van der Waals surface area contributed by atoms with Crippen LogP contribution in [0.25, 0.3) is 0 Å². The van der Waals surface area contributed by atoms with Gasteiger partial charge in [0.2, 0.25) is 0 Å². The third-order valence-electron chi connectivity index (χ3n) is 12.2. The summed E-state index contributed by atoms with van der Waals surface area (Å²) in [4.78, 5) is 51.0. The lowest BCUT2D eigenvalue weighted by Gasteiger charge is -2.40. The maximum atomic E-state index is 13.1. The number of allylic oxidation sites excluding steroid dienone is 12. The quantitative estimate of drug-likeness (QED) is 0.0228. The average molecular weight is 999 g/mol. The Kier molecular flexibility index (Phi) is 43.3. The molecule has 0 aromatic carbocycles. The van der Waals surface area contributed by atoms with E-state index in [2.05, 4.69) is 93.7 Å². The highest BCUT2D eigenvalue weighted by Gasteiger charge is 2.50. The topological polar surface area (TPSA) is 175 Å². The number of aliphatic carboxylic acids is 1. The molecule has 0 aromatic rings. The number of rotatable bonds is 46. The molecule has 1 aliphatic heterocycles. The molecule has 0 aliphatic carbocycles. The second-order valence-corrected chi connectivity index (χ2v) is 18.8. The molecule has 6 atom stereocenters. The van der Waals surface area contributed by atoms with Gasteiger partial charge >= 0.3 is 23.9 Å². The monoisotopic (exact) mass is 999 g/mol. The number of carboxylic acid groups (broad SMARTS) is 1. The SMILES string of the molecule is CC/C=C\C/C=C\C/C=C\CCCCCC(=O)OCC(COC1OC(C(=O)O)C(O)C(O)C1OC(=O)CCCCCCC/C=C\C/C=C\CCCCC)OC(=O)CCCCCCC/C=C\CCCCCC. The Balaban J connectivity index is 2.75. The van der Waals surface area contributed by atoms with E-state index < -0.39 is 67.3 Å². The summed E-state index contributed by atoms with van der Waals surface area (Å²) in [5.74, 6) is -3.19. The number of aliphatic hydroxyl groups excluding tert-OH is 2. The van der Waals surface area contributed by atoms with Gasteiger partial charge in [0.25, 0.3) is 0 Å². The van der Waals surface area contributed by atoms with Gasteiger partial charge < -0.3 is 39.0 Å². The molecule has 0 amide bonds. The van der Waals surface area contributed by atoms with E-state index in [9.17, 15) is 34.5 Å². The first-order chi connectivity index (χ1) is 34.6. The summed E-state index contributed by atoms with van der Waals surface area (Å²) in [6, 6.07) is 0. The number of carbonyl (C=O) groups is 4. The largest absolute Gasteiger partial charge is 0.479 e. The maximum Gasteiger partial charge on any atom is 0.335 e. The highest BCUT2D eigenvalue weighted by molar-refractivity contribution is 5.74. The van der Waals surface area contributed by atoms with E-state index in [1.54, 1.807) is 0 Å². The van der Waals surface area contributed by atoms with E-state index in [-0.39, 0.29) is 25.9 Å².